The molecule has 1 unspecified atom stereocenters. The Morgan fingerprint density at radius 3 is 2.50 bits per heavy atom. The molecule has 0 radical (unpaired) electrons. The number of nitrogens with one attached hydrogen (secondary N) is 1. The van der Waals surface area contributed by atoms with Gasteiger partial charge in [-0.25, -0.2) is 5.43 Å². The van der Waals surface area contributed by atoms with Gasteiger partial charge in [0.15, 0.2) is 6.10 Å². The molecule has 0 saturated carbocycles. The third kappa shape index (κ3) is 5.64. The van der Waals surface area contributed by atoms with Crippen LogP contribution in [0.4, 0.5) is 0 Å². The summed E-state index contributed by atoms with van der Waals surface area (Å²) in [6, 6.07) is 12.3. The minimum atomic E-state index is -0.773. The molecule has 0 aromatic heterocycles. The average Bonchev–Trinajstić information content (AvgIpc) is 2.62. The summed E-state index contributed by atoms with van der Waals surface area (Å²) in [4.78, 5) is 12.2. The zero-order valence-corrected chi connectivity index (χ0v) is 16.3. The summed E-state index contributed by atoms with van der Waals surface area (Å²) in [5.74, 6) is 0.780. The maximum atomic E-state index is 12.2. The Labute approximate surface area is 162 Å². The SMILES string of the molecule is CCOc1ccc(/C(C)=N/NC(=O)C(C)Oc2ccc(Cl)cc2Cl)cc1. The zero-order valence-electron chi connectivity index (χ0n) is 14.8. The van der Waals surface area contributed by atoms with Crippen molar-refractivity contribution in [3.05, 3.63) is 58.1 Å². The van der Waals surface area contributed by atoms with Crippen molar-refractivity contribution in [1.82, 2.24) is 5.43 Å². The molecule has 1 amide bonds. The van der Waals surface area contributed by atoms with E-state index < -0.39 is 6.10 Å². The van der Waals surface area contributed by atoms with Crippen LogP contribution in [0.5, 0.6) is 11.5 Å². The molecule has 5 nitrogen and oxygen atoms in total. The van der Waals surface area contributed by atoms with Crippen LogP contribution in [-0.2, 0) is 4.79 Å². The topological polar surface area (TPSA) is 59.9 Å². The van der Waals surface area contributed by atoms with E-state index in [9.17, 15) is 4.79 Å². The number of rotatable bonds is 7. The molecule has 0 heterocycles. The molecule has 0 aliphatic carbocycles. The van der Waals surface area contributed by atoms with Gasteiger partial charge in [-0.05, 0) is 68.8 Å². The Morgan fingerprint density at radius 2 is 1.88 bits per heavy atom. The van der Waals surface area contributed by atoms with E-state index in [4.69, 9.17) is 32.7 Å². The van der Waals surface area contributed by atoms with Crippen molar-refractivity contribution in [3.8, 4) is 11.5 Å². The minimum Gasteiger partial charge on any atom is -0.494 e. The van der Waals surface area contributed by atoms with Crippen molar-refractivity contribution < 1.29 is 14.3 Å². The molecule has 7 heteroatoms. The Kier molecular flexibility index (Phi) is 7.30. The van der Waals surface area contributed by atoms with E-state index in [0.717, 1.165) is 11.3 Å². The summed E-state index contributed by atoms with van der Waals surface area (Å²) in [5.41, 5.74) is 4.04. The average molecular weight is 395 g/mol. The molecule has 138 valence electrons. The lowest BCUT2D eigenvalue weighted by Crippen LogP contribution is -2.34. The van der Waals surface area contributed by atoms with Crippen molar-refractivity contribution in [2.75, 3.05) is 6.61 Å². The van der Waals surface area contributed by atoms with E-state index in [1.165, 1.54) is 0 Å². The van der Waals surface area contributed by atoms with Gasteiger partial charge in [0, 0.05) is 5.02 Å². The quantitative estimate of drug-likeness (QED) is 0.546. The van der Waals surface area contributed by atoms with E-state index in [1.807, 2.05) is 31.2 Å². The van der Waals surface area contributed by atoms with Crippen LogP contribution in [0.1, 0.15) is 26.3 Å². The highest BCUT2D eigenvalue weighted by molar-refractivity contribution is 6.35. The van der Waals surface area contributed by atoms with Gasteiger partial charge in [-0.1, -0.05) is 23.2 Å². The van der Waals surface area contributed by atoms with Gasteiger partial charge in [0.25, 0.3) is 5.91 Å². The normalized spacial score (nSPS) is 12.4. The Balaban J connectivity index is 1.96. The van der Waals surface area contributed by atoms with Crippen molar-refractivity contribution in [1.29, 1.82) is 0 Å². The van der Waals surface area contributed by atoms with Gasteiger partial charge in [0.1, 0.15) is 11.5 Å². The molecule has 26 heavy (non-hydrogen) atoms. The summed E-state index contributed by atoms with van der Waals surface area (Å²) in [6.07, 6.45) is -0.773. The first-order valence-electron chi connectivity index (χ1n) is 8.09. The fraction of sp³-hybridized carbons (Fsp3) is 0.263. The number of ether oxygens (including phenoxy) is 2. The smallest absolute Gasteiger partial charge is 0.280 e. The van der Waals surface area contributed by atoms with Crippen LogP contribution in [0.15, 0.2) is 47.6 Å². The predicted octanol–water partition coefficient (Wildman–Crippen LogP) is 4.70. The number of hydrogen-bond donors (Lipinski definition) is 1. The minimum absolute atomic E-state index is 0.339. The van der Waals surface area contributed by atoms with E-state index in [1.54, 1.807) is 32.0 Å². The summed E-state index contributed by atoms with van der Waals surface area (Å²) in [5, 5.41) is 4.95. The summed E-state index contributed by atoms with van der Waals surface area (Å²) >= 11 is 11.9. The Bertz CT molecular complexity index is 792. The van der Waals surface area contributed by atoms with Crippen LogP contribution in [-0.4, -0.2) is 24.3 Å². The summed E-state index contributed by atoms with van der Waals surface area (Å²) < 4.78 is 11.0. The second-order valence-electron chi connectivity index (χ2n) is 5.47. The number of benzene rings is 2. The highest BCUT2D eigenvalue weighted by Crippen LogP contribution is 2.28. The number of halogens is 2. The highest BCUT2D eigenvalue weighted by atomic mass is 35.5. The Morgan fingerprint density at radius 1 is 1.19 bits per heavy atom. The first-order valence-corrected chi connectivity index (χ1v) is 8.85. The maximum Gasteiger partial charge on any atom is 0.280 e. The molecule has 1 atom stereocenters. The van der Waals surface area contributed by atoms with Crippen LogP contribution in [0.25, 0.3) is 0 Å². The molecule has 1 N–H and O–H groups in total. The number of nitrogens with zero attached hydrogens (tertiary/aromatic N) is 1. The van der Waals surface area contributed by atoms with Crippen molar-refractivity contribution >= 4 is 34.8 Å². The van der Waals surface area contributed by atoms with E-state index in [0.29, 0.717) is 28.1 Å². The largest absolute Gasteiger partial charge is 0.494 e. The maximum absolute atomic E-state index is 12.2. The van der Waals surface area contributed by atoms with Gasteiger partial charge in [-0.15, -0.1) is 0 Å². The molecular weight excluding hydrogens is 375 g/mol. The van der Waals surface area contributed by atoms with Crippen molar-refractivity contribution in [2.45, 2.75) is 26.9 Å². The number of carbonyl (C=O) groups is 1. The molecule has 2 aromatic rings. The van der Waals surface area contributed by atoms with Gasteiger partial charge in [-0.2, -0.15) is 5.10 Å². The van der Waals surface area contributed by atoms with Gasteiger partial charge >= 0.3 is 0 Å². The molecule has 0 spiro atoms. The number of hydrogen-bond acceptors (Lipinski definition) is 4. The van der Waals surface area contributed by atoms with Gasteiger partial charge in [0.05, 0.1) is 17.3 Å². The Hall–Kier alpha value is -2.24. The van der Waals surface area contributed by atoms with Gasteiger partial charge < -0.3 is 9.47 Å². The number of amides is 1. The molecular formula is C19H20Cl2N2O3. The number of carbonyl (C=O) groups excluding carboxylic acids is 1. The molecule has 2 aromatic carbocycles. The first-order chi connectivity index (χ1) is 12.4. The lowest BCUT2D eigenvalue weighted by atomic mass is 10.1. The zero-order chi connectivity index (χ0) is 19.1. The van der Waals surface area contributed by atoms with Gasteiger partial charge in [-0.3, -0.25) is 4.79 Å². The third-order valence-corrected chi connectivity index (χ3v) is 4.01. The van der Waals surface area contributed by atoms with Crippen molar-refractivity contribution in [2.24, 2.45) is 5.10 Å². The highest BCUT2D eigenvalue weighted by Gasteiger charge is 2.16. The predicted molar refractivity (Wildman–Crippen MR) is 105 cm³/mol. The number of hydrazone groups is 1. The molecule has 0 fully saturated rings. The molecule has 0 aliphatic rings. The van der Waals surface area contributed by atoms with Crippen LogP contribution in [0.3, 0.4) is 0 Å². The van der Waals surface area contributed by atoms with Crippen LogP contribution in [0, 0.1) is 0 Å². The molecule has 2 rings (SSSR count). The second-order valence-corrected chi connectivity index (χ2v) is 6.31. The first kappa shape index (κ1) is 20.1. The standard InChI is InChI=1S/C19H20Cl2N2O3/c1-4-25-16-8-5-14(6-9-16)12(2)22-23-19(24)13(3)26-18-10-7-15(20)11-17(18)21/h5-11,13H,4H2,1-3H3,(H,23,24)/b22-12+. The van der Waals surface area contributed by atoms with Crippen LogP contribution >= 0.6 is 23.2 Å². The van der Waals surface area contributed by atoms with Crippen LogP contribution < -0.4 is 14.9 Å². The monoisotopic (exact) mass is 394 g/mol. The molecule has 0 bridgehead atoms. The fourth-order valence-electron chi connectivity index (χ4n) is 2.07. The summed E-state index contributed by atoms with van der Waals surface area (Å²) in [6.45, 7) is 5.95. The van der Waals surface area contributed by atoms with E-state index in [-0.39, 0.29) is 5.91 Å². The van der Waals surface area contributed by atoms with Crippen LogP contribution in [0.2, 0.25) is 10.0 Å². The third-order valence-electron chi connectivity index (χ3n) is 3.48. The van der Waals surface area contributed by atoms with Gasteiger partial charge in [0.2, 0.25) is 0 Å². The van der Waals surface area contributed by atoms with E-state index in [2.05, 4.69) is 10.5 Å². The van der Waals surface area contributed by atoms with E-state index >= 15 is 0 Å². The molecule has 0 saturated heterocycles. The summed E-state index contributed by atoms with van der Waals surface area (Å²) in [7, 11) is 0. The lowest BCUT2D eigenvalue weighted by Gasteiger charge is -2.14. The van der Waals surface area contributed by atoms with Crippen molar-refractivity contribution in [3.63, 3.8) is 0 Å². The fourth-order valence-corrected chi connectivity index (χ4v) is 2.52. The second kappa shape index (κ2) is 9.46. The lowest BCUT2D eigenvalue weighted by molar-refractivity contribution is -0.127. The molecule has 0 aliphatic heterocycles.